The lowest BCUT2D eigenvalue weighted by Gasteiger charge is -2.14. The fourth-order valence-electron chi connectivity index (χ4n) is 1.74. The van der Waals surface area contributed by atoms with E-state index in [0.717, 1.165) is 0 Å². The number of carboxylic acid groups (broad SMARTS) is 1. The number of benzene rings is 1. The molecule has 0 aliphatic heterocycles. The molecule has 8 nitrogen and oxygen atoms in total. The summed E-state index contributed by atoms with van der Waals surface area (Å²) in [6.45, 7) is 1.58. The predicted molar refractivity (Wildman–Crippen MR) is 73.2 cm³/mol. The second kappa shape index (κ2) is 7.34. The number of methoxy groups -OCH3 is 1. The van der Waals surface area contributed by atoms with E-state index in [9.17, 15) is 19.7 Å². The second-order valence-corrected chi connectivity index (χ2v) is 4.42. The number of carbonyl (C=O) groups excluding carboxylic acids is 1. The lowest BCUT2D eigenvalue weighted by Crippen LogP contribution is -2.34. The van der Waals surface area contributed by atoms with Gasteiger partial charge in [-0.15, -0.1) is 0 Å². The number of nitrogens with one attached hydrogen (secondary N) is 1. The molecule has 0 saturated carbocycles. The molecular formula is C13H16N2O6. The first-order valence-corrected chi connectivity index (χ1v) is 6.13. The molecule has 0 saturated heterocycles. The van der Waals surface area contributed by atoms with Crippen LogP contribution in [0.2, 0.25) is 0 Å². The van der Waals surface area contributed by atoms with Crippen LogP contribution in [-0.4, -0.2) is 41.7 Å². The molecule has 0 aliphatic rings. The van der Waals surface area contributed by atoms with Crippen molar-refractivity contribution in [3.63, 3.8) is 0 Å². The van der Waals surface area contributed by atoms with Gasteiger partial charge in [-0.1, -0.05) is 0 Å². The molecule has 1 rings (SSSR count). The van der Waals surface area contributed by atoms with Crippen LogP contribution in [0, 0.1) is 17.0 Å². The average Bonchev–Trinajstić information content (AvgIpc) is 2.42. The molecule has 1 amide bonds. The zero-order chi connectivity index (χ0) is 16.0. The van der Waals surface area contributed by atoms with Gasteiger partial charge in [0.25, 0.3) is 11.6 Å². The van der Waals surface area contributed by atoms with Gasteiger partial charge < -0.3 is 15.2 Å². The van der Waals surface area contributed by atoms with Crippen molar-refractivity contribution < 1.29 is 24.4 Å². The summed E-state index contributed by atoms with van der Waals surface area (Å²) >= 11 is 0. The fourth-order valence-corrected chi connectivity index (χ4v) is 1.74. The van der Waals surface area contributed by atoms with Gasteiger partial charge in [-0.3, -0.25) is 19.7 Å². The van der Waals surface area contributed by atoms with E-state index in [1.54, 1.807) is 0 Å². The Hall–Kier alpha value is -2.48. The summed E-state index contributed by atoms with van der Waals surface area (Å²) in [4.78, 5) is 32.6. The molecule has 2 N–H and O–H groups in total. The Morgan fingerprint density at radius 2 is 2.14 bits per heavy atom. The number of hydrogen-bond donors (Lipinski definition) is 2. The van der Waals surface area contributed by atoms with E-state index in [0.29, 0.717) is 5.56 Å². The second-order valence-electron chi connectivity index (χ2n) is 4.42. The van der Waals surface area contributed by atoms with E-state index < -0.39 is 22.9 Å². The summed E-state index contributed by atoms with van der Waals surface area (Å²) in [6, 6.07) is 4.02. The van der Waals surface area contributed by atoms with Crippen LogP contribution in [0.25, 0.3) is 0 Å². The minimum absolute atomic E-state index is 0.0394. The Morgan fingerprint density at radius 3 is 2.62 bits per heavy atom. The highest BCUT2D eigenvalue weighted by atomic mass is 16.6. The molecule has 0 bridgehead atoms. The van der Waals surface area contributed by atoms with Crippen LogP contribution in [0.4, 0.5) is 5.69 Å². The molecule has 0 fully saturated rings. The molecule has 0 aromatic heterocycles. The van der Waals surface area contributed by atoms with Gasteiger partial charge in [0.2, 0.25) is 0 Å². The monoisotopic (exact) mass is 296 g/mol. The van der Waals surface area contributed by atoms with E-state index in [-0.39, 0.29) is 24.2 Å². The van der Waals surface area contributed by atoms with Crippen LogP contribution >= 0.6 is 0 Å². The molecule has 21 heavy (non-hydrogen) atoms. The van der Waals surface area contributed by atoms with Crippen LogP contribution in [0.1, 0.15) is 22.3 Å². The number of carbonyl (C=O) groups is 2. The summed E-state index contributed by atoms with van der Waals surface area (Å²) in [5.74, 6) is -1.47. The topological polar surface area (TPSA) is 119 Å². The normalized spacial score (nSPS) is 11.7. The third-order valence-electron chi connectivity index (χ3n) is 2.88. The van der Waals surface area contributed by atoms with Crippen LogP contribution in [-0.2, 0) is 9.53 Å². The maximum absolute atomic E-state index is 11.9. The van der Waals surface area contributed by atoms with Gasteiger partial charge >= 0.3 is 5.97 Å². The van der Waals surface area contributed by atoms with Crippen molar-refractivity contribution in [1.82, 2.24) is 5.32 Å². The Kier molecular flexibility index (Phi) is 5.79. The SMILES string of the molecule is COC(CNC(=O)c1ccc([N+](=O)[O-])c(C)c1)CC(=O)O. The number of aliphatic carboxylic acids is 1. The van der Waals surface area contributed by atoms with Crippen molar-refractivity contribution in [3.8, 4) is 0 Å². The molecule has 0 spiro atoms. The first kappa shape index (κ1) is 16.6. The molecule has 0 aliphatic carbocycles. The summed E-state index contributed by atoms with van der Waals surface area (Å²) in [5, 5.41) is 21.9. The summed E-state index contributed by atoms with van der Waals surface area (Å²) < 4.78 is 4.94. The highest BCUT2D eigenvalue weighted by Gasteiger charge is 2.16. The summed E-state index contributed by atoms with van der Waals surface area (Å²) in [7, 11) is 1.36. The number of nitro benzene ring substituents is 1. The van der Waals surface area contributed by atoms with Crippen molar-refractivity contribution in [2.45, 2.75) is 19.4 Å². The number of aryl methyl sites for hydroxylation is 1. The van der Waals surface area contributed by atoms with Crippen molar-refractivity contribution in [1.29, 1.82) is 0 Å². The third kappa shape index (κ3) is 4.84. The van der Waals surface area contributed by atoms with Gasteiger partial charge in [-0.25, -0.2) is 0 Å². The van der Waals surface area contributed by atoms with Gasteiger partial charge in [0.05, 0.1) is 17.4 Å². The minimum Gasteiger partial charge on any atom is -0.481 e. The van der Waals surface area contributed by atoms with Crippen LogP contribution in [0.5, 0.6) is 0 Å². The zero-order valence-electron chi connectivity index (χ0n) is 11.7. The molecule has 114 valence electrons. The lowest BCUT2D eigenvalue weighted by molar-refractivity contribution is -0.385. The Labute approximate surface area is 120 Å². The van der Waals surface area contributed by atoms with Gasteiger partial charge in [0.1, 0.15) is 0 Å². The minimum atomic E-state index is -1.03. The number of amides is 1. The Morgan fingerprint density at radius 1 is 1.48 bits per heavy atom. The zero-order valence-corrected chi connectivity index (χ0v) is 11.7. The third-order valence-corrected chi connectivity index (χ3v) is 2.88. The smallest absolute Gasteiger partial charge is 0.306 e. The van der Waals surface area contributed by atoms with Crippen molar-refractivity contribution >= 4 is 17.6 Å². The molecule has 0 radical (unpaired) electrons. The van der Waals surface area contributed by atoms with Gasteiger partial charge in [0.15, 0.2) is 0 Å². The lowest BCUT2D eigenvalue weighted by atomic mass is 10.1. The Bertz CT molecular complexity index is 558. The van der Waals surface area contributed by atoms with Crippen LogP contribution in [0.3, 0.4) is 0 Å². The predicted octanol–water partition coefficient (Wildman–Crippen LogP) is 1.12. The number of nitro groups is 1. The quantitative estimate of drug-likeness (QED) is 0.575. The van der Waals surface area contributed by atoms with E-state index >= 15 is 0 Å². The van der Waals surface area contributed by atoms with E-state index in [4.69, 9.17) is 9.84 Å². The molecule has 0 heterocycles. The van der Waals surface area contributed by atoms with Gasteiger partial charge in [-0.2, -0.15) is 0 Å². The number of hydrogen-bond acceptors (Lipinski definition) is 5. The maximum Gasteiger partial charge on any atom is 0.306 e. The standard InChI is InChI=1S/C13H16N2O6/c1-8-5-9(3-4-11(8)15(19)20)13(18)14-7-10(21-2)6-12(16)17/h3-5,10H,6-7H2,1-2H3,(H,14,18)(H,16,17). The average molecular weight is 296 g/mol. The molecule has 1 unspecified atom stereocenters. The number of ether oxygens (including phenoxy) is 1. The maximum atomic E-state index is 11.9. The van der Waals surface area contributed by atoms with E-state index in [1.165, 1.54) is 32.2 Å². The highest BCUT2D eigenvalue weighted by Crippen LogP contribution is 2.18. The molecule has 1 atom stereocenters. The van der Waals surface area contributed by atoms with E-state index in [1.807, 2.05) is 0 Å². The van der Waals surface area contributed by atoms with Gasteiger partial charge in [-0.05, 0) is 19.1 Å². The summed E-state index contributed by atoms with van der Waals surface area (Å²) in [6.07, 6.45) is -0.860. The largest absolute Gasteiger partial charge is 0.481 e. The van der Waals surface area contributed by atoms with Gasteiger partial charge in [0, 0.05) is 30.8 Å². The fraction of sp³-hybridized carbons (Fsp3) is 0.385. The van der Waals surface area contributed by atoms with Crippen molar-refractivity contribution in [3.05, 3.63) is 39.4 Å². The summed E-state index contributed by atoms with van der Waals surface area (Å²) in [5.41, 5.74) is 0.581. The number of carboxylic acids is 1. The molecule has 1 aromatic carbocycles. The molecular weight excluding hydrogens is 280 g/mol. The Balaban J connectivity index is 2.69. The van der Waals surface area contributed by atoms with Crippen molar-refractivity contribution in [2.24, 2.45) is 0 Å². The first-order valence-electron chi connectivity index (χ1n) is 6.13. The molecule has 1 aromatic rings. The number of nitrogens with zero attached hydrogens (tertiary/aromatic N) is 1. The van der Waals surface area contributed by atoms with E-state index in [2.05, 4.69) is 5.32 Å². The number of rotatable bonds is 7. The van der Waals surface area contributed by atoms with Crippen LogP contribution < -0.4 is 5.32 Å². The molecule has 8 heteroatoms. The highest BCUT2D eigenvalue weighted by molar-refractivity contribution is 5.94. The van der Waals surface area contributed by atoms with Crippen LogP contribution in [0.15, 0.2) is 18.2 Å². The van der Waals surface area contributed by atoms with Crippen molar-refractivity contribution in [2.75, 3.05) is 13.7 Å². The first-order chi connectivity index (χ1) is 9.85.